The lowest BCUT2D eigenvalue weighted by Crippen LogP contribution is -2.40. The van der Waals surface area contributed by atoms with Crippen molar-refractivity contribution in [3.8, 4) is 5.69 Å². The number of anilines is 2. The van der Waals surface area contributed by atoms with Crippen LogP contribution in [0.15, 0.2) is 65.1 Å². The van der Waals surface area contributed by atoms with Gasteiger partial charge >= 0.3 is 6.03 Å². The number of halogens is 1. The van der Waals surface area contributed by atoms with Crippen LogP contribution in [-0.2, 0) is 10.2 Å². The van der Waals surface area contributed by atoms with Crippen molar-refractivity contribution in [1.29, 1.82) is 0 Å². The van der Waals surface area contributed by atoms with Gasteiger partial charge in [-0.15, -0.1) is 0 Å². The minimum atomic E-state index is -0.340. The van der Waals surface area contributed by atoms with Crippen LogP contribution < -0.4 is 10.6 Å². The van der Waals surface area contributed by atoms with Crippen molar-refractivity contribution in [2.75, 3.05) is 23.7 Å². The van der Waals surface area contributed by atoms with Crippen LogP contribution in [0.2, 0.25) is 0 Å². The molecular weight excluding hydrogens is 470 g/mol. The van der Waals surface area contributed by atoms with Gasteiger partial charge in [-0.3, -0.25) is 4.79 Å². The molecule has 3 aromatic rings. The summed E-state index contributed by atoms with van der Waals surface area (Å²) in [6.07, 6.45) is 0. The summed E-state index contributed by atoms with van der Waals surface area (Å²) in [4.78, 5) is 27.0. The van der Waals surface area contributed by atoms with Crippen LogP contribution in [0.1, 0.15) is 33.4 Å². The van der Waals surface area contributed by atoms with E-state index in [0.29, 0.717) is 18.1 Å². The molecule has 0 saturated heterocycles. The molecule has 2 aromatic carbocycles. The van der Waals surface area contributed by atoms with Crippen molar-refractivity contribution >= 4 is 39.4 Å². The van der Waals surface area contributed by atoms with Crippen LogP contribution in [0.3, 0.4) is 0 Å². The Morgan fingerprint density at radius 2 is 1.75 bits per heavy atom. The molecule has 168 valence electrons. The van der Waals surface area contributed by atoms with Crippen LogP contribution in [0, 0.1) is 0 Å². The number of hydrogen-bond acceptors (Lipinski definition) is 3. The number of rotatable bonds is 6. The first-order chi connectivity index (χ1) is 15.2. The Morgan fingerprint density at radius 1 is 1.03 bits per heavy atom. The normalized spacial score (nSPS) is 11.2. The molecule has 8 heteroatoms. The van der Waals surface area contributed by atoms with Crippen LogP contribution in [0.4, 0.5) is 16.3 Å². The summed E-state index contributed by atoms with van der Waals surface area (Å²) in [6, 6.07) is 18.5. The number of carbonyl (C=O) groups excluding carboxylic acids is 2. The number of nitrogens with one attached hydrogen (secondary N) is 2. The van der Waals surface area contributed by atoms with Gasteiger partial charge in [0.25, 0.3) is 0 Å². The van der Waals surface area contributed by atoms with E-state index in [2.05, 4.69) is 47.3 Å². The molecule has 0 atom stereocenters. The third-order valence-corrected chi connectivity index (χ3v) is 5.32. The topological polar surface area (TPSA) is 79.3 Å². The highest BCUT2D eigenvalue weighted by Gasteiger charge is 2.22. The first-order valence-electron chi connectivity index (χ1n) is 10.4. The zero-order chi connectivity index (χ0) is 23.3. The van der Waals surface area contributed by atoms with Gasteiger partial charge in [0.15, 0.2) is 0 Å². The molecule has 0 bridgehead atoms. The molecule has 0 spiro atoms. The van der Waals surface area contributed by atoms with Crippen molar-refractivity contribution in [1.82, 2.24) is 14.7 Å². The Balaban J connectivity index is 1.75. The summed E-state index contributed by atoms with van der Waals surface area (Å²) < 4.78 is 2.58. The molecule has 3 amide bonds. The lowest BCUT2D eigenvalue weighted by Gasteiger charge is -2.21. The standard InChI is InChI=1S/C24H28BrN5O2/c1-5-29(23(32)26-18-11-9-10-17(25)14-18)16-22(31)27-21-15-20(24(2,3)4)28-30(21)19-12-7-6-8-13-19/h6-15H,5,16H2,1-4H3,(H,26,32)(H,27,31). The van der Waals surface area contributed by atoms with Crippen molar-refractivity contribution in [2.24, 2.45) is 0 Å². The molecule has 7 nitrogen and oxygen atoms in total. The van der Waals surface area contributed by atoms with Gasteiger partial charge in [0.1, 0.15) is 12.4 Å². The van der Waals surface area contributed by atoms with E-state index in [-0.39, 0.29) is 23.9 Å². The minimum Gasteiger partial charge on any atom is -0.315 e. The fraction of sp³-hybridized carbons (Fsp3) is 0.292. The number of likely N-dealkylation sites (N-methyl/N-ethyl adjacent to an activating group) is 1. The summed E-state index contributed by atoms with van der Waals surface area (Å²) in [5.74, 6) is 0.267. The van der Waals surface area contributed by atoms with E-state index >= 15 is 0 Å². The third-order valence-electron chi connectivity index (χ3n) is 4.83. The second-order valence-corrected chi connectivity index (χ2v) is 9.33. The molecule has 0 saturated carbocycles. The van der Waals surface area contributed by atoms with Crippen molar-refractivity contribution in [2.45, 2.75) is 33.1 Å². The number of carbonyl (C=O) groups is 2. The van der Waals surface area contributed by atoms with E-state index in [9.17, 15) is 9.59 Å². The third kappa shape index (κ3) is 5.97. The van der Waals surface area contributed by atoms with Gasteiger partial charge in [-0.2, -0.15) is 5.10 Å². The second kappa shape index (κ2) is 9.99. The highest BCUT2D eigenvalue weighted by molar-refractivity contribution is 9.10. The van der Waals surface area contributed by atoms with E-state index in [1.165, 1.54) is 4.90 Å². The molecular formula is C24H28BrN5O2. The molecule has 3 rings (SSSR count). The SMILES string of the molecule is CCN(CC(=O)Nc1cc(C(C)(C)C)nn1-c1ccccc1)C(=O)Nc1cccc(Br)c1. The Bertz CT molecular complexity index is 1090. The summed E-state index contributed by atoms with van der Waals surface area (Å²) in [5, 5.41) is 10.5. The molecule has 0 aliphatic rings. The van der Waals surface area contributed by atoms with Gasteiger partial charge < -0.3 is 15.5 Å². The predicted molar refractivity (Wildman–Crippen MR) is 131 cm³/mol. The number of nitrogens with zero attached hydrogens (tertiary/aromatic N) is 3. The molecule has 0 unspecified atom stereocenters. The Morgan fingerprint density at radius 3 is 2.38 bits per heavy atom. The Labute approximate surface area is 196 Å². The monoisotopic (exact) mass is 497 g/mol. The lowest BCUT2D eigenvalue weighted by atomic mass is 9.92. The van der Waals surface area contributed by atoms with Gasteiger partial charge in [0, 0.05) is 28.2 Å². The fourth-order valence-electron chi connectivity index (χ4n) is 3.05. The minimum absolute atomic E-state index is 0.0822. The van der Waals surface area contributed by atoms with E-state index in [1.54, 1.807) is 16.8 Å². The molecule has 0 aliphatic heterocycles. The van der Waals surface area contributed by atoms with E-state index in [1.807, 2.05) is 55.5 Å². The molecule has 0 fully saturated rings. The zero-order valence-corrected chi connectivity index (χ0v) is 20.3. The van der Waals surface area contributed by atoms with Gasteiger partial charge in [0.2, 0.25) is 5.91 Å². The smallest absolute Gasteiger partial charge is 0.315 e. The molecule has 0 radical (unpaired) electrons. The first-order valence-corrected chi connectivity index (χ1v) is 11.2. The average Bonchev–Trinajstić information content (AvgIpc) is 3.17. The largest absolute Gasteiger partial charge is 0.322 e. The van der Waals surface area contributed by atoms with Crippen molar-refractivity contribution < 1.29 is 9.59 Å². The first kappa shape index (κ1) is 23.5. The van der Waals surface area contributed by atoms with E-state index < -0.39 is 0 Å². The lowest BCUT2D eigenvalue weighted by molar-refractivity contribution is -0.116. The van der Waals surface area contributed by atoms with E-state index in [4.69, 9.17) is 5.10 Å². The number of aromatic nitrogens is 2. The quantitative estimate of drug-likeness (QED) is 0.476. The maximum Gasteiger partial charge on any atom is 0.322 e. The number of amides is 3. The van der Waals surface area contributed by atoms with Crippen LogP contribution in [0.5, 0.6) is 0 Å². The molecule has 2 N–H and O–H groups in total. The number of urea groups is 1. The van der Waals surface area contributed by atoms with Crippen LogP contribution >= 0.6 is 15.9 Å². The fourth-order valence-corrected chi connectivity index (χ4v) is 3.45. The number of benzene rings is 2. The summed E-state index contributed by atoms with van der Waals surface area (Å²) in [5.41, 5.74) is 2.17. The maximum atomic E-state index is 12.9. The summed E-state index contributed by atoms with van der Waals surface area (Å²) >= 11 is 3.39. The Hall–Kier alpha value is -3.13. The number of para-hydroxylation sites is 1. The van der Waals surface area contributed by atoms with Crippen LogP contribution in [-0.4, -0.2) is 39.7 Å². The van der Waals surface area contributed by atoms with Gasteiger partial charge in [-0.05, 0) is 37.3 Å². The highest BCUT2D eigenvalue weighted by atomic mass is 79.9. The molecule has 1 aromatic heterocycles. The summed E-state index contributed by atoms with van der Waals surface area (Å²) in [7, 11) is 0. The van der Waals surface area contributed by atoms with Crippen molar-refractivity contribution in [3.63, 3.8) is 0 Å². The molecule has 1 heterocycles. The zero-order valence-electron chi connectivity index (χ0n) is 18.7. The van der Waals surface area contributed by atoms with Gasteiger partial charge in [0.05, 0.1) is 11.4 Å². The highest BCUT2D eigenvalue weighted by Crippen LogP contribution is 2.26. The van der Waals surface area contributed by atoms with Crippen molar-refractivity contribution in [3.05, 3.63) is 70.8 Å². The summed E-state index contributed by atoms with van der Waals surface area (Å²) in [6.45, 7) is 8.35. The Kier molecular flexibility index (Phi) is 7.35. The maximum absolute atomic E-state index is 12.9. The van der Waals surface area contributed by atoms with Gasteiger partial charge in [-0.25, -0.2) is 9.48 Å². The predicted octanol–water partition coefficient (Wildman–Crippen LogP) is 5.42. The van der Waals surface area contributed by atoms with Gasteiger partial charge in [-0.1, -0.05) is 61.0 Å². The molecule has 32 heavy (non-hydrogen) atoms. The average molecular weight is 498 g/mol. The second-order valence-electron chi connectivity index (χ2n) is 8.42. The van der Waals surface area contributed by atoms with Crippen LogP contribution in [0.25, 0.3) is 5.69 Å². The van der Waals surface area contributed by atoms with E-state index in [0.717, 1.165) is 15.9 Å². The number of hydrogen-bond donors (Lipinski definition) is 2. The molecule has 0 aliphatic carbocycles.